The van der Waals surface area contributed by atoms with E-state index in [1.165, 1.54) is 0 Å². The van der Waals surface area contributed by atoms with Crippen LogP contribution in [-0.4, -0.2) is 29.7 Å². The fraction of sp³-hybridized carbons (Fsp3) is 0.312. The Labute approximate surface area is 129 Å². The molecule has 0 radical (unpaired) electrons. The molecule has 7 heteroatoms. The zero-order valence-electron chi connectivity index (χ0n) is 12.1. The Morgan fingerprint density at radius 2 is 2.04 bits per heavy atom. The molecule has 0 unspecified atom stereocenters. The highest BCUT2D eigenvalue weighted by atomic mass is 19.4. The molecule has 120 valence electrons. The van der Waals surface area contributed by atoms with Crippen LogP contribution in [0.2, 0.25) is 0 Å². The molecule has 4 rings (SSSR count). The van der Waals surface area contributed by atoms with Crippen LogP contribution in [0.15, 0.2) is 30.5 Å². The number of ether oxygens (including phenoxy) is 1. The standard InChI is InChI=1S/C16H14F3N3O/c17-16(18,19)10-6-12-11-5-9(14-8-20-3-4-23-14)1-2-13(11)22-15(12)21-7-10/h1-2,5-7,14,20H,3-4,8H2,(H,21,22)/t14-/m1/s1. The largest absolute Gasteiger partial charge is 0.417 e. The molecular formula is C16H14F3N3O. The number of hydrogen-bond acceptors (Lipinski definition) is 3. The third-order valence-corrected chi connectivity index (χ3v) is 4.10. The van der Waals surface area contributed by atoms with E-state index in [1.54, 1.807) is 0 Å². The molecule has 23 heavy (non-hydrogen) atoms. The van der Waals surface area contributed by atoms with Crippen LogP contribution >= 0.6 is 0 Å². The molecule has 4 nitrogen and oxygen atoms in total. The van der Waals surface area contributed by atoms with Gasteiger partial charge in [0.1, 0.15) is 5.65 Å². The van der Waals surface area contributed by atoms with E-state index in [0.717, 1.165) is 35.3 Å². The molecule has 2 aromatic heterocycles. The third kappa shape index (κ3) is 2.55. The summed E-state index contributed by atoms with van der Waals surface area (Å²) in [5.74, 6) is 0. The summed E-state index contributed by atoms with van der Waals surface area (Å²) < 4.78 is 44.5. The fourth-order valence-electron chi connectivity index (χ4n) is 2.93. The molecule has 1 aliphatic heterocycles. The molecule has 3 aromatic rings. The summed E-state index contributed by atoms with van der Waals surface area (Å²) >= 11 is 0. The number of halogens is 3. The van der Waals surface area contributed by atoms with Crippen LogP contribution in [0.25, 0.3) is 21.9 Å². The van der Waals surface area contributed by atoms with Gasteiger partial charge >= 0.3 is 6.18 Å². The van der Waals surface area contributed by atoms with E-state index in [2.05, 4.69) is 15.3 Å². The van der Waals surface area contributed by atoms with Gasteiger partial charge in [-0.05, 0) is 23.8 Å². The Morgan fingerprint density at radius 3 is 2.78 bits per heavy atom. The first-order chi connectivity index (χ1) is 11.0. The van der Waals surface area contributed by atoms with Crippen molar-refractivity contribution in [1.29, 1.82) is 0 Å². The molecule has 0 saturated carbocycles. The highest BCUT2D eigenvalue weighted by Crippen LogP contribution is 2.34. The Morgan fingerprint density at radius 1 is 1.17 bits per heavy atom. The summed E-state index contributed by atoms with van der Waals surface area (Å²) in [5, 5.41) is 4.45. The maximum absolute atomic E-state index is 12.9. The molecule has 1 aliphatic rings. The highest BCUT2D eigenvalue weighted by molar-refractivity contribution is 6.06. The van der Waals surface area contributed by atoms with Crippen molar-refractivity contribution in [3.63, 3.8) is 0 Å². The molecule has 1 aromatic carbocycles. The lowest BCUT2D eigenvalue weighted by Gasteiger charge is -2.24. The van der Waals surface area contributed by atoms with Crippen LogP contribution in [-0.2, 0) is 10.9 Å². The van der Waals surface area contributed by atoms with Gasteiger partial charge in [0.2, 0.25) is 0 Å². The second-order valence-electron chi connectivity index (χ2n) is 5.61. The van der Waals surface area contributed by atoms with E-state index >= 15 is 0 Å². The Hall–Kier alpha value is -2.12. The maximum Gasteiger partial charge on any atom is 0.417 e. The predicted molar refractivity (Wildman–Crippen MR) is 80.2 cm³/mol. The number of aromatic amines is 1. The summed E-state index contributed by atoms with van der Waals surface area (Å²) in [4.78, 5) is 6.96. The number of hydrogen-bond donors (Lipinski definition) is 2. The number of nitrogens with one attached hydrogen (secondary N) is 2. The summed E-state index contributed by atoms with van der Waals surface area (Å²) in [5.41, 5.74) is 1.42. The van der Waals surface area contributed by atoms with Crippen molar-refractivity contribution in [2.24, 2.45) is 0 Å². The molecule has 1 saturated heterocycles. The molecule has 0 aliphatic carbocycles. The smallest absolute Gasteiger partial charge is 0.371 e. The molecule has 3 heterocycles. The van der Waals surface area contributed by atoms with Gasteiger partial charge in [-0.15, -0.1) is 0 Å². The van der Waals surface area contributed by atoms with Gasteiger partial charge < -0.3 is 15.0 Å². The van der Waals surface area contributed by atoms with Gasteiger partial charge in [0.15, 0.2) is 0 Å². The average Bonchev–Trinajstić information content (AvgIpc) is 2.92. The fourth-order valence-corrected chi connectivity index (χ4v) is 2.93. The summed E-state index contributed by atoms with van der Waals surface area (Å²) in [6.45, 7) is 2.13. The second kappa shape index (κ2) is 5.21. The van der Waals surface area contributed by atoms with Crippen LogP contribution in [0.3, 0.4) is 0 Å². The minimum atomic E-state index is -4.40. The predicted octanol–water partition coefficient (Wildman–Crippen LogP) is 3.40. The topological polar surface area (TPSA) is 49.9 Å². The quantitative estimate of drug-likeness (QED) is 0.722. The van der Waals surface area contributed by atoms with Crippen LogP contribution in [0.4, 0.5) is 13.2 Å². The van der Waals surface area contributed by atoms with Crippen molar-refractivity contribution < 1.29 is 17.9 Å². The van der Waals surface area contributed by atoms with E-state index in [9.17, 15) is 13.2 Å². The molecule has 0 amide bonds. The van der Waals surface area contributed by atoms with Crippen molar-refractivity contribution in [1.82, 2.24) is 15.3 Å². The minimum Gasteiger partial charge on any atom is -0.371 e. The minimum absolute atomic E-state index is 0.0862. The number of pyridine rings is 1. The normalized spacial score (nSPS) is 19.5. The molecular weight excluding hydrogens is 307 g/mol. The monoisotopic (exact) mass is 321 g/mol. The van der Waals surface area contributed by atoms with Crippen LogP contribution in [0, 0.1) is 0 Å². The van der Waals surface area contributed by atoms with Crippen molar-refractivity contribution in [3.05, 3.63) is 41.6 Å². The van der Waals surface area contributed by atoms with Crippen molar-refractivity contribution >= 4 is 21.9 Å². The van der Waals surface area contributed by atoms with Crippen LogP contribution < -0.4 is 5.32 Å². The Kier molecular flexibility index (Phi) is 3.28. The van der Waals surface area contributed by atoms with E-state index in [0.29, 0.717) is 24.2 Å². The lowest BCUT2D eigenvalue weighted by molar-refractivity contribution is -0.137. The summed E-state index contributed by atoms with van der Waals surface area (Å²) in [6, 6.07) is 6.82. The zero-order valence-corrected chi connectivity index (χ0v) is 12.1. The van der Waals surface area contributed by atoms with Gasteiger partial charge in [-0.2, -0.15) is 13.2 Å². The lowest BCUT2D eigenvalue weighted by Crippen LogP contribution is -2.33. The number of benzene rings is 1. The molecule has 2 N–H and O–H groups in total. The summed E-state index contributed by atoms with van der Waals surface area (Å²) in [7, 11) is 0. The second-order valence-corrected chi connectivity index (χ2v) is 5.61. The van der Waals surface area contributed by atoms with Crippen LogP contribution in [0.5, 0.6) is 0 Å². The highest BCUT2D eigenvalue weighted by Gasteiger charge is 2.31. The van der Waals surface area contributed by atoms with E-state index in [4.69, 9.17) is 4.74 Å². The van der Waals surface area contributed by atoms with E-state index < -0.39 is 11.7 Å². The molecule has 0 bridgehead atoms. The number of nitrogens with zero attached hydrogens (tertiary/aromatic N) is 1. The number of H-pyrrole nitrogens is 1. The lowest BCUT2D eigenvalue weighted by atomic mass is 10.0. The average molecular weight is 321 g/mol. The number of alkyl halides is 3. The molecule has 1 atom stereocenters. The first-order valence-electron chi connectivity index (χ1n) is 7.33. The number of morpholine rings is 1. The van der Waals surface area contributed by atoms with Crippen molar-refractivity contribution in [3.8, 4) is 0 Å². The van der Waals surface area contributed by atoms with Gasteiger partial charge in [0, 0.05) is 35.6 Å². The Balaban J connectivity index is 1.86. The Bertz CT molecular complexity index is 866. The third-order valence-electron chi connectivity index (χ3n) is 4.10. The van der Waals surface area contributed by atoms with E-state index in [-0.39, 0.29) is 6.10 Å². The van der Waals surface area contributed by atoms with Gasteiger partial charge in [-0.1, -0.05) is 6.07 Å². The number of fused-ring (bicyclic) bond motifs is 3. The van der Waals surface area contributed by atoms with Crippen LogP contribution in [0.1, 0.15) is 17.2 Å². The maximum atomic E-state index is 12.9. The van der Waals surface area contributed by atoms with Crippen molar-refractivity contribution in [2.45, 2.75) is 12.3 Å². The zero-order chi connectivity index (χ0) is 16.0. The number of aromatic nitrogens is 2. The van der Waals surface area contributed by atoms with Gasteiger partial charge in [-0.3, -0.25) is 0 Å². The van der Waals surface area contributed by atoms with Crippen molar-refractivity contribution in [2.75, 3.05) is 19.7 Å². The first kappa shape index (κ1) is 14.5. The number of rotatable bonds is 1. The van der Waals surface area contributed by atoms with Gasteiger partial charge in [-0.25, -0.2) is 4.98 Å². The molecule has 1 fully saturated rings. The van der Waals surface area contributed by atoms with Gasteiger partial charge in [0.05, 0.1) is 18.3 Å². The molecule has 0 spiro atoms. The first-order valence-corrected chi connectivity index (χ1v) is 7.33. The summed E-state index contributed by atoms with van der Waals surface area (Å²) in [6.07, 6.45) is -3.64. The van der Waals surface area contributed by atoms with Gasteiger partial charge in [0.25, 0.3) is 0 Å². The SMILES string of the molecule is FC(F)(F)c1cnc2[nH]c3ccc([C@H]4CNCCO4)cc3c2c1. The van der Waals surface area contributed by atoms with E-state index in [1.807, 2.05) is 18.2 Å².